The molecule has 5 nitrogen and oxygen atoms in total. The van der Waals surface area contributed by atoms with Crippen LogP contribution in [-0.4, -0.2) is 25.5 Å². The maximum Gasteiger partial charge on any atom is 0.335 e. The Balaban J connectivity index is 1.97. The smallest absolute Gasteiger partial charge is 0.335 e. The van der Waals surface area contributed by atoms with Gasteiger partial charge in [0.15, 0.2) is 0 Å². The van der Waals surface area contributed by atoms with Crippen molar-refractivity contribution in [2.24, 2.45) is 0 Å². The van der Waals surface area contributed by atoms with Gasteiger partial charge < -0.3 is 5.11 Å². The van der Waals surface area contributed by atoms with Crippen molar-refractivity contribution < 1.29 is 18.3 Å². The molecule has 2 rings (SSSR count). The van der Waals surface area contributed by atoms with Crippen molar-refractivity contribution in [2.75, 3.05) is 0 Å². The van der Waals surface area contributed by atoms with Gasteiger partial charge in [-0.15, -0.1) is 0 Å². The Labute approximate surface area is 125 Å². The van der Waals surface area contributed by atoms with E-state index in [-0.39, 0.29) is 17.4 Å². The van der Waals surface area contributed by atoms with Crippen molar-refractivity contribution in [3.63, 3.8) is 0 Å². The Morgan fingerprint density at radius 3 is 2.19 bits per heavy atom. The molecule has 0 radical (unpaired) electrons. The predicted molar refractivity (Wildman–Crippen MR) is 80.7 cm³/mol. The molecule has 0 aromatic heterocycles. The lowest BCUT2D eigenvalue weighted by atomic mass is 10.1. The van der Waals surface area contributed by atoms with Crippen molar-refractivity contribution in [3.05, 3.63) is 35.4 Å². The topological polar surface area (TPSA) is 83.5 Å². The van der Waals surface area contributed by atoms with Crippen molar-refractivity contribution >= 4 is 16.0 Å². The van der Waals surface area contributed by atoms with Gasteiger partial charge in [-0.1, -0.05) is 37.8 Å². The van der Waals surface area contributed by atoms with Crippen LogP contribution >= 0.6 is 0 Å². The molecular formula is C15H21NO4S. The highest BCUT2D eigenvalue weighted by Crippen LogP contribution is 2.18. The summed E-state index contributed by atoms with van der Waals surface area (Å²) in [5.41, 5.74) is 0.758. The summed E-state index contributed by atoms with van der Waals surface area (Å²) in [4.78, 5) is 10.8. The standard InChI is InChI=1S/C15H21NO4S/c17-15(18)13-9-7-12(8-10-13)11-21(19,20)16-14-5-3-1-2-4-6-14/h7-10,14,16H,1-6,11H2,(H,17,18). The zero-order valence-corrected chi connectivity index (χ0v) is 12.7. The second-order valence-corrected chi connectivity index (χ2v) is 7.32. The van der Waals surface area contributed by atoms with Crippen LogP contribution in [0.5, 0.6) is 0 Å². The molecule has 6 heteroatoms. The summed E-state index contributed by atoms with van der Waals surface area (Å²) in [6.45, 7) is 0. The van der Waals surface area contributed by atoms with E-state index in [9.17, 15) is 13.2 Å². The van der Waals surface area contributed by atoms with E-state index in [2.05, 4.69) is 4.72 Å². The fourth-order valence-electron chi connectivity index (χ4n) is 2.66. The first kappa shape index (κ1) is 16.0. The fourth-order valence-corrected chi connectivity index (χ4v) is 4.11. The summed E-state index contributed by atoms with van der Waals surface area (Å²) < 4.78 is 27.1. The molecule has 0 amide bonds. The third kappa shape index (κ3) is 5.13. The number of nitrogens with one attached hydrogen (secondary N) is 1. The molecule has 1 fully saturated rings. The van der Waals surface area contributed by atoms with E-state index < -0.39 is 16.0 Å². The maximum atomic E-state index is 12.2. The van der Waals surface area contributed by atoms with Crippen LogP contribution in [0.1, 0.15) is 54.4 Å². The number of carbonyl (C=O) groups is 1. The lowest BCUT2D eigenvalue weighted by Gasteiger charge is -2.16. The lowest BCUT2D eigenvalue weighted by Crippen LogP contribution is -2.35. The van der Waals surface area contributed by atoms with Crippen molar-refractivity contribution in [2.45, 2.75) is 50.3 Å². The Kier molecular flexibility index (Phi) is 5.36. The zero-order chi connectivity index (χ0) is 15.3. The number of sulfonamides is 1. The van der Waals surface area contributed by atoms with Crippen molar-refractivity contribution in [1.82, 2.24) is 4.72 Å². The number of hydrogen-bond donors (Lipinski definition) is 2. The molecule has 1 aliphatic rings. The molecule has 0 heterocycles. The number of carboxylic acids is 1. The summed E-state index contributed by atoms with van der Waals surface area (Å²) in [7, 11) is -3.38. The van der Waals surface area contributed by atoms with Gasteiger partial charge >= 0.3 is 5.97 Å². The van der Waals surface area contributed by atoms with Gasteiger partial charge in [-0.2, -0.15) is 0 Å². The molecule has 2 N–H and O–H groups in total. The quantitative estimate of drug-likeness (QED) is 0.819. The monoisotopic (exact) mass is 311 g/mol. The minimum atomic E-state index is -3.38. The van der Waals surface area contributed by atoms with E-state index in [0.29, 0.717) is 5.56 Å². The van der Waals surface area contributed by atoms with Gasteiger partial charge in [0.25, 0.3) is 0 Å². The van der Waals surface area contributed by atoms with Gasteiger partial charge in [0.1, 0.15) is 0 Å². The van der Waals surface area contributed by atoms with Crippen molar-refractivity contribution in [3.8, 4) is 0 Å². The first-order chi connectivity index (χ1) is 9.96. The first-order valence-electron chi connectivity index (χ1n) is 7.28. The van der Waals surface area contributed by atoms with Gasteiger partial charge in [0, 0.05) is 6.04 Å². The molecule has 1 aromatic rings. The van der Waals surface area contributed by atoms with E-state index in [4.69, 9.17) is 5.11 Å². The second-order valence-electron chi connectivity index (χ2n) is 5.57. The van der Waals surface area contributed by atoms with Crippen molar-refractivity contribution in [1.29, 1.82) is 0 Å². The van der Waals surface area contributed by atoms with Gasteiger partial charge in [0.2, 0.25) is 10.0 Å². The number of benzene rings is 1. The average molecular weight is 311 g/mol. The lowest BCUT2D eigenvalue weighted by molar-refractivity contribution is 0.0697. The number of hydrogen-bond acceptors (Lipinski definition) is 3. The molecule has 0 atom stereocenters. The van der Waals surface area contributed by atoms with Crippen LogP contribution in [0.4, 0.5) is 0 Å². The molecule has 21 heavy (non-hydrogen) atoms. The zero-order valence-electron chi connectivity index (χ0n) is 11.9. The molecule has 1 aromatic carbocycles. The van der Waals surface area contributed by atoms with Gasteiger partial charge in [0.05, 0.1) is 11.3 Å². The Morgan fingerprint density at radius 2 is 1.67 bits per heavy atom. The summed E-state index contributed by atoms with van der Waals surface area (Å²) in [5.74, 6) is -1.12. The summed E-state index contributed by atoms with van der Waals surface area (Å²) in [5, 5.41) is 8.82. The molecule has 116 valence electrons. The molecule has 0 saturated heterocycles. The van der Waals surface area contributed by atoms with Gasteiger partial charge in [-0.25, -0.2) is 17.9 Å². The van der Waals surface area contributed by atoms with Gasteiger partial charge in [-0.3, -0.25) is 0 Å². The molecule has 0 spiro atoms. The molecule has 0 unspecified atom stereocenters. The molecular weight excluding hydrogens is 290 g/mol. The van der Waals surface area contributed by atoms with E-state index in [1.165, 1.54) is 25.0 Å². The normalized spacial score (nSPS) is 17.3. The Bertz CT molecular complexity index is 572. The molecule has 0 bridgehead atoms. The predicted octanol–water partition coefficient (Wildman–Crippen LogP) is 2.53. The molecule has 0 aliphatic heterocycles. The van der Waals surface area contributed by atoms with Crippen LogP contribution in [-0.2, 0) is 15.8 Å². The highest BCUT2D eigenvalue weighted by molar-refractivity contribution is 7.88. The molecule has 1 aliphatic carbocycles. The fraction of sp³-hybridized carbons (Fsp3) is 0.533. The van der Waals surface area contributed by atoms with Crippen LogP contribution in [0.2, 0.25) is 0 Å². The number of aromatic carboxylic acids is 1. The maximum absolute atomic E-state index is 12.2. The summed E-state index contributed by atoms with van der Waals surface area (Å²) >= 11 is 0. The highest BCUT2D eigenvalue weighted by Gasteiger charge is 2.19. The van der Waals surface area contributed by atoms with E-state index in [0.717, 1.165) is 25.7 Å². The minimum absolute atomic E-state index is 0.0378. The number of rotatable bonds is 5. The third-order valence-corrected chi connectivity index (χ3v) is 5.16. The van der Waals surface area contributed by atoms with Crippen LogP contribution < -0.4 is 4.72 Å². The van der Waals surface area contributed by atoms with Gasteiger partial charge in [-0.05, 0) is 30.5 Å². The van der Waals surface area contributed by atoms with E-state index in [1.807, 2.05) is 0 Å². The van der Waals surface area contributed by atoms with Crippen LogP contribution in [0.25, 0.3) is 0 Å². The van der Waals surface area contributed by atoms with E-state index >= 15 is 0 Å². The SMILES string of the molecule is O=C(O)c1ccc(CS(=O)(=O)NC2CCCCCC2)cc1. The summed E-state index contributed by atoms with van der Waals surface area (Å²) in [6, 6.07) is 6.00. The average Bonchev–Trinajstić information content (AvgIpc) is 2.66. The first-order valence-corrected chi connectivity index (χ1v) is 8.94. The van der Waals surface area contributed by atoms with Crippen LogP contribution in [0, 0.1) is 0 Å². The van der Waals surface area contributed by atoms with Crippen LogP contribution in [0.15, 0.2) is 24.3 Å². The Hall–Kier alpha value is -1.40. The highest BCUT2D eigenvalue weighted by atomic mass is 32.2. The summed E-state index contributed by atoms with van der Waals surface area (Å²) in [6.07, 6.45) is 6.29. The third-order valence-electron chi connectivity index (χ3n) is 3.76. The minimum Gasteiger partial charge on any atom is -0.478 e. The number of carboxylic acid groups (broad SMARTS) is 1. The Morgan fingerprint density at radius 1 is 1.10 bits per heavy atom. The van der Waals surface area contributed by atoms with E-state index in [1.54, 1.807) is 12.1 Å². The second kappa shape index (κ2) is 7.04. The van der Waals surface area contributed by atoms with Crippen LogP contribution in [0.3, 0.4) is 0 Å². The largest absolute Gasteiger partial charge is 0.478 e. The molecule has 1 saturated carbocycles.